The average Bonchev–Trinajstić information content (AvgIpc) is 2.98. The number of aliphatic hydroxyl groups excluding tert-OH is 1. The molecule has 0 bridgehead atoms. The van der Waals surface area contributed by atoms with Crippen LogP contribution < -0.4 is 9.64 Å². The molecule has 1 atom stereocenters. The maximum atomic E-state index is 12.9. The molecule has 1 heterocycles. The first-order chi connectivity index (χ1) is 13.9. The number of hydrogen-bond donors (Lipinski definition) is 1. The van der Waals surface area contributed by atoms with E-state index in [0.29, 0.717) is 0 Å². The van der Waals surface area contributed by atoms with Crippen molar-refractivity contribution < 1.29 is 19.4 Å². The van der Waals surface area contributed by atoms with Gasteiger partial charge in [0.25, 0.3) is 5.91 Å². The summed E-state index contributed by atoms with van der Waals surface area (Å²) in [6.45, 7) is 2.00. The maximum absolute atomic E-state index is 12.9. The molecule has 0 saturated heterocycles. The first-order valence-electron chi connectivity index (χ1n) is 9.54. The predicted molar refractivity (Wildman–Crippen MR) is 112 cm³/mol. The minimum atomic E-state index is -0.617. The van der Waals surface area contributed by atoms with E-state index in [4.69, 9.17) is 4.74 Å². The third-order valence-corrected chi connectivity index (χ3v) is 5.16. The van der Waals surface area contributed by atoms with Crippen molar-refractivity contribution in [1.29, 1.82) is 0 Å². The second-order valence-corrected chi connectivity index (χ2v) is 7.21. The van der Waals surface area contributed by atoms with Crippen LogP contribution in [0.25, 0.3) is 0 Å². The highest BCUT2D eigenvalue weighted by atomic mass is 16.5. The number of carbonyl (C=O) groups excluding carboxylic acids is 2. The van der Waals surface area contributed by atoms with Crippen LogP contribution in [-0.2, 0) is 16.1 Å². The molecular formula is C23H26N2O4. The Morgan fingerprint density at radius 1 is 1.10 bits per heavy atom. The molecule has 0 fully saturated rings. The normalized spacial score (nSPS) is 16.3. The predicted octanol–water partition coefficient (Wildman–Crippen LogP) is 3.64. The maximum Gasteiger partial charge on any atom is 0.290 e. The number of nitrogens with zero attached hydrogens (tertiary/aromatic N) is 2. The van der Waals surface area contributed by atoms with E-state index in [1.807, 2.05) is 67.5 Å². The molecule has 0 saturated carbocycles. The Morgan fingerprint density at radius 3 is 2.24 bits per heavy atom. The Hall–Kier alpha value is -3.28. The Balaban J connectivity index is 2.00. The van der Waals surface area contributed by atoms with Crippen molar-refractivity contribution in [3.05, 3.63) is 71.0 Å². The summed E-state index contributed by atoms with van der Waals surface area (Å²) in [4.78, 5) is 29.0. The third-order valence-electron chi connectivity index (χ3n) is 5.16. The first-order valence-corrected chi connectivity index (χ1v) is 9.54. The highest BCUT2D eigenvalue weighted by molar-refractivity contribution is 6.08. The first kappa shape index (κ1) is 20.5. The quantitative estimate of drug-likeness (QED) is 0.776. The van der Waals surface area contributed by atoms with E-state index in [1.165, 1.54) is 0 Å². The zero-order chi connectivity index (χ0) is 21.1. The molecule has 0 aliphatic carbocycles. The molecule has 1 unspecified atom stereocenters. The number of ketones is 1. The molecule has 6 nitrogen and oxygen atoms in total. The van der Waals surface area contributed by atoms with E-state index in [0.717, 1.165) is 22.6 Å². The fourth-order valence-corrected chi connectivity index (χ4v) is 3.52. The van der Waals surface area contributed by atoms with Gasteiger partial charge in [-0.05, 0) is 35.4 Å². The zero-order valence-electron chi connectivity index (χ0n) is 17.2. The summed E-state index contributed by atoms with van der Waals surface area (Å²) < 4.78 is 5.18. The van der Waals surface area contributed by atoms with Gasteiger partial charge in [-0.3, -0.25) is 9.59 Å². The standard InChI is InChI=1S/C23H26N2O4/c1-5-19(26)20-21(16-8-10-17(11-9-16)24(2)3)25(23(28)22(20)27)14-15-6-12-18(29-4)13-7-15/h6-13,21,27H,5,14H2,1-4H3. The van der Waals surface area contributed by atoms with Crippen LogP contribution in [0, 0.1) is 0 Å². The lowest BCUT2D eigenvalue weighted by molar-refractivity contribution is -0.130. The van der Waals surface area contributed by atoms with E-state index in [1.54, 1.807) is 18.9 Å². The summed E-state index contributed by atoms with van der Waals surface area (Å²) in [5.74, 6) is -0.485. The summed E-state index contributed by atoms with van der Waals surface area (Å²) in [7, 11) is 5.49. The number of benzene rings is 2. The highest BCUT2D eigenvalue weighted by Gasteiger charge is 2.42. The van der Waals surface area contributed by atoms with Gasteiger partial charge in [-0.25, -0.2) is 0 Å². The van der Waals surface area contributed by atoms with E-state index in [-0.39, 0.29) is 24.3 Å². The van der Waals surface area contributed by atoms with Gasteiger partial charge in [-0.15, -0.1) is 0 Å². The van der Waals surface area contributed by atoms with E-state index in [2.05, 4.69) is 0 Å². The number of anilines is 1. The van der Waals surface area contributed by atoms with Gasteiger partial charge in [0.05, 0.1) is 18.7 Å². The molecule has 1 aliphatic rings. The topological polar surface area (TPSA) is 70.1 Å². The van der Waals surface area contributed by atoms with Gasteiger partial charge >= 0.3 is 0 Å². The second kappa shape index (κ2) is 8.39. The smallest absolute Gasteiger partial charge is 0.290 e. The van der Waals surface area contributed by atoms with Gasteiger partial charge in [-0.1, -0.05) is 31.2 Å². The van der Waals surface area contributed by atoms with Gasteiger partial charge in [0.2, 0.25) is 0 Å². The fraction of sp³-hybridized carbons (Fsp3) is 0.304. The number of amides is 1. The van der Waals surface area contributed by atoms with Crippen LogP contribution in [0.3, 0.4) is 0 Å². The molecule has 3 rings (SSSR count). The molecule has 1 N–H and O–H groups in total. The number of ether oxygens (including phenoxy) is 1. The second-order valence-electron chi connectivity index (χ2n) is 7.21. The minimum Gasteiger partial charge on any atom is -0.503 e. The van der Waals surface area contributed by atoms with Crippen molar-refractivity contribution in [2.24, 2.45) is 0 Å². The van der Waals surface area contributed by atoms with E-state index in [9.17, 15) is 14.7 Å². The molecule has 2 aromatic carbocycles. The minimum absolute atomic E-state index is 0.170. The molecule has 1 aliphatic heterocycles. The summed E-state index contributed by atoms with van der Waals surface area (Å²) in [6.07, 6.45) is 0.218. The number of Topliss-reactive ketones (excluding diaryl/α,β-unsaturated/α-hetero) is 1. The van der Waals surface area contributed by atoms with E-state index < -0.39 is 17.7 Å². The van der Waals surface area contributed by atoms with Crippen LogP contribution in [0.5, 0.6) is 5.75 Å². The van der Waals surface area contributed by atoms with Crippen LogP contribution in [0.15, 0.2) is 59.9 Å². The highest BCUT2D eigenvalue weighted by Crippen LogP contribution is 2.39. The lowest BCUT2D eigenvalue weighted by atomic mass is 9.94. The van der Waals surface area contributed by atoms with Gasteiger partial charge in [0.1, 0.15) is 5.75 Å². The number of hydrogen-bond acceptors (Lipinski definition) is 5. The van der Waals surface area contributed by atoms with Gasteiger partial charge in [0.15, 0.2) is 11.5 Å². The van der Waals surface area contributed by atoms with E-state index >= 15 is 0 Å². The Bertz CT molecular complexity index is 930. The molecule has 1 amide bonds. The summed E-state index contributed by atoms with van der Waals surface area (Å²) >= 11 is 0. The molecule has 6 heteroatoms. The van der Waals surface area contributed by atoms with Crippen LogP contribution >= 0.6 is 0 Å². The van der Waals surface area contributed by atoms with Crippen LogP contribution in [0.2, 0.25) is 0 Å². The Labute approximate surface area is 171 Å². The lowest BCUT2D eigenvalue weighted by Crippen LogP contribution is -2.30. The lowest BCUT2D eigenvalue weighted by Gasteiger charge is -2.27. The molecule has 2 aromatic rings. The molecule has 0 aromatic heterocycles. The summed E-state index contributed by atoms with van der Waals surface area (Å²) in [5, 5.41) is 10.5. The largest absolute Gasteiger partial charge is 0.503 e. The Kier molecular flexibility index (Phi) is 5.92. The molecule has 29 heavy (non-hydrogen) atoms. The molecule has 152 valence electrons. The molecular weight excluding hydrogens is 368 g/mol. The zero-order valence-corrected chi connectivity index (χ0v) is 17.2. The summed E-state index contributed by atoms with van der Waals surface area (Å²) in [5.41, 5.74) is 2.85. The number of aliphatic hydroxyl groups is 1. The van der Waals surface area contributed by atoms with Crippen molar-refractivity contribution >= 4 is 17.4 Å². The van der Waals surface area contributed by atoms with Crippen LogP contribution in [-0.4, -0.2) is 42.9 Å². The monoisotopic (exact) mass is 394 g/mol. The Morgan fingerprint density at radius 2 is 1.72 bits per heavy atom. The van der Waals surface area contributed by atoms with Crippen molar-refractivity contribution in [1.82, 2.24) is 4.90 Å². The molecule has 0 radical (unpaired) electrons. The van der Waals surface area contributed by atoms with Gasteiger partial charge < -0.3 is 19.6 Å². The van der Waals surface area contributed by atoms with Gasteiger partial charge in [-0.2, -0.15) is 0 Å². The van der Waals surface area contributed by atoms with Crippen LogP contribution in [0.1, 0.15) is 30.5 Å². The average molecular weight is 394 g/mol. The van der Waals surface area contributed by atoms with Crippen molar-refractivity contribution in [2.75, 3.05) is 26.1 Å². The number of carbonyl (C=O) groups is 2. The van der Waals surface area contributed by atoms with Crippen LogP contribution in [0.4, 0.5) is 5.69 Å². The number of methoxy groups -OCH3 is 1. The van der Waals surface area contributed by atoms with Crippen molar-refractivity contribution in [2.45, 2.75) is 25.9 Å². The number of rotatable bonds is 7. The summed E-state index contributed by atoms with van der Waals surface area (Å²) in [6, 6.07) is 14.4. The SMILES string of the molecule is CCC(=O)C1=C(O)C(=O)N(Cc2ccc(OC)cc2)C1c1ccc(N(C)C)cc1. The molecule has 0 spiro atoms. The van der Waals surface area contributed by atoms with Crippen molar-refractivity contribution in [3.8, 4) is 5.75 Å². The fourth-order valence-electron chi connectivity index (χ4n) is 3.52. The third kappa shape index (κ3) is 3.97. The van der Waals surface area contributed by atoms with Gasteiger partial charge in [0, 0.05) is 32.7 Å². The van der Waals surface area contributed by atoms with Crippen molar-refractivity contribution in [3.63, 3.8) is 0 Å².